The molecule has 0 aliphatic carbocycles. The van der Waals surface area contributed by atoms with Crippen LogP contribution in [0.4, 0.5) is 4.79 Å². The van der Waals surface area contributed by atoms with E-state index in [1.807, 2.05) is 6.92 Å². The topological polar surface area (TPSA) is 100 Å². The summed E-state index contributed by atoms with van der Waals surface area (Å²) in [6.45, 7) is 2.70. The SMILES string of the molecule is CC1SCC(C(=O)O)N1C(=O)NCCn1ccnn1. The number of urea groups is 1. The number of amides is 2. The Kier molecular flexibility index (Phi) is 4.25. The first kappa shape index (κ1) is 13.7. The molecule has 0 saturated carbocycles. The molecule has 2 atom stereocenters. The molecule has 1 aromatic heterocycles. The first-order valence-electron chi connectivity index (χ1n) is 5.84. The largest absolute Gasteiger partial charge is 0.480 e. The van der Waals surface area contributed by atoms with Crippen LogP contribution in [0.25, 0.3) is 0 Å². The average Bonchev–Trinajstić information content (AvgIpc) is 2.98. The quantitative estimate of drug-likeness (QED) is 0.797. The van der Waals surface area contributed by atoms with Gasteiger partial charge in [0.05, 0.1) is 18.1 Å². The highest BCUT2D eigenvalue weighted by atomic mass is 32.2. The number of nitrogens with one attached hydrogen (secondary N) is 1. The number of carbonyl (C=O) groups is 2. The van der Waals surface area contributed by atoms with E-state index in [2.05, 4.69) is 15.6 Å². The van der Waals surface area contributed by atoms with E-state index in [1.165, 1.54) is 16.7 Å². The van der Waals surface area contributed by atoms with Crippen LogP contribution < -0.4 is 5.32 Å². The van der Waals surface area contributed by atoms with Gasteiger partial charge >= 0.3 is 12.0 Å². The number of hydrogen-bond donors (Lipinski definition) is 2. The molecule has 2 N–H and O–H groups in total. The van der Waals surface area contributed by atoms with E-state index in [4.69, 9.17) is 5.11 Å². The average molecular weight is 285 g/mol. The van der Waals surface area contributed by atoms with Gasteiger partial charge < -0.3 is 10.4 Å². The summed E-state index contributed by atoms with van der Waals surface area (Å²) in [4.78, 5) is 24.4. The van der Waals surface area contributed by atoms with Gasteiger partial charge in [0.2, 0.25) is 0 Å². The highest BCUT2D eigenvalue weighted by Crippen LogP contribution is 2.28. The summed E-state index contributed by atoms with van der Waals surface area (Å²) in [6.07, 6.45) is 3.25. The Morgan fingerprint density at radius 2 is 2.37 bits per heavy atom. The lowest BCUT2D eigenvalue weighted by molar-refractivity contribution is -0.141. The van der Waals surface area contributed by atoms with Gasteiger partial charge in [-0.3, -0.25) is 9.58 Å². The van der Waals surface area contributed by atoms with Crippen molar-refractivity contribution in [2.45, 2.75) is 24.9 Å². The van der Waals surface area contributed by atoms with Crippen LogP contribution in [0.1, 0.15) is 6.92 Å². The predicted molar refractivity (Wildman–Crippen MR) is 68.6 cm³/mol. The van der Waals surface area contributed by atoms with Gasteiger partial charge in [-0.05, 0) is 6.92 Å². The lowest BCUT2D eigenvalue weighted by Gasteiger charge is -2.25. The van der Waals surface area contributed by atoms with E-state index in [9.17, 15) is 9.59 Å². The highest BCUT2D eigenvalue weighted by Gasteiger charge is 2.39. The number of carbonyl (C=O) groups excluding carboxylic acids is 1. The summed E-state index contributed by atoms with van der Waals surface area (Å²) >= 11 is 1.46. The first-order chi connectivity index (χ1) is 9.09. The van der Waals surface area contributed by atoms with Crippen molar-refractivity contribution in [3.8, 4) is 0 Å². The van der Waals surface area contributed by atoms with Crippen molar-refractivity contribution in [2.24, 2.45) is 0 Å². The molecule has 0 bridgehead atoms. The van der Waals surface area contributed by atoms with Gasteiger partial charge in [-0.25, -0.2) is 9.59 Å². The third-order valence-corrected chi connectivity index (χ3v) is 4.05. The Labute approximate surface area is 114 Å². The van der Waals surface area contributed by atoms with Crippen LogP contribution in [0.2, 0.25) is 0 Å². The molecule has 9 heteroatoms. The Morgan fingerprint density at radius 3 is 3.00 bits per heavy atom. The maximum atomic E-state index is 12.0. The number of carboxylic acid groups (broad SMARTS) is 1. The Balaban J connectivity index is 1.86. The smallest absolute Gasteiger partial charge is 0.327 e. The predicted octanol–water partition coefficient (Wildman–Crippen LogP) is -0.164. The van der Waals surface area contributed by atoms with Gasteiger partial charge in [0.1, 0.15) is 6.04 Å². The minimum absolute atomic E-state index is 0.132. The lowest BCUT2D eigenvalue weighted by Crippen LogP contribution is -2.50. The normalized spacial score (nSPS) is 22.5. The Morgan fingerprint density at radius 1 is 1.58 bits per heavy atom. The second-order valence-electron chi connectivity index (χ2n) is 4.09. The number of aliphatic carboxylic acids is 1. The van der Waals surface area contributed by atoms with Gasteiger partial charge in [0.15, 0.2) is 0 Å². The number of thioether (sulfide) groups is 1. The van der Waals surface area contributed by atoms with E-state index in [0.29, 0.717) is 18.8 Å². The molecule has 1 aliphatic rings. The molecular formula is C10H15N5O3S. The third kappa shape index (κ3) is 3.16. The molecule has 2 heterocycles. The Bertz CT molecular complexity index is 452. The summed E-state index contributed by atoms with van der Waals surface area (Å²) in [6, 6.07) is -1.11. The van der Waals surface area contributed by atoms with Crippen molar-refractivity contribution in [3.05, 3.63) is 12.4 Å². The van der Waals surface area contributed by atoms with Crippen LogP contribution in [0.15, 0.2) is 12.4 Å². The van der Waals surface area contributed by atoms with Crippen molar-refractivity contribution in [1.29, 1.82) is 0 Å². The minimum atomic E-state index is -0.969. The van der Waals surface area contributed by atoms with Crippen LogP contribution in [0.3, 0.4) is 0 Å². The summed E-state index contributed by atoms with van der Waals surface area (Å²) < 4.78 is 1.59. The summed E-state index contributed by atoms with van der Waals surface area (Å²) in [5.41, 5.74) is 0. The van der Waals surface area contributed by atoms with E-state index < -0.39 is 12.0 Å². The molecule has 104 valence electrons. The maximum absolute atomic E-state index is 12.0. The zero-order chi connectivity index (χ0) is 13.8. The van der Waals surface area contributed by atoms with Gasteiger partial charge in [0, 0.05) is 18.5 Å². The fraction of sp³-hybridized carbons (Fsp3) is 0.600. The van der Waals surface area contributed by atoms with Crippen LogP contribution in [0.5, 0.6) is 0 Å². The minimum Gasteiger partial charge on any atom is -0.480 e. The van der Waals surface area contributed by atoms with Crippen molar-refractivity contribution < 1.29 is 14.7 Å². The molecule has 0 radical (unpaired) electrons. The molecule has 1 aliphatic heterocycles. The number of rotatable bonds is 4. The van der Waals surface area contributed by atoms with Crippen LogP contribution in [0, 0.1) is 0 Å². The van der Waals surface area contributed by atoms with Gasteiger partial charge in [-0.2, -0.15) is 0 Å². The molecule has 2 unspecified atom stereocenters. The molecule has 1 fully saturated rings. The summed E-state index contributed by atoms with van der Waals surface area (Å²) in [7, 11) is 0. The zero-order valence-corrected chi connectivity index (χ0v) is 11.2. The van der Waals surface area contributed by atoms with Gasteiger partial charge in [-0.1, -0.05) is 5.21 Å². The van der Waals surface area contributed by atoms with Crippen LogP contribution >= 0.6 is 11.8 Å². The molecular weight excluding hydrogens is 270 g/mol. The van der Waals surface area contributed by atoms with Crippen molar-refractivity contribution in [1.82, 2.24) is 25.2 Å². The van der Waals surface area contributed by atoms with Crippen LogP contribution in [-0.2, 0) is 11.3 Å². The lowest BCUT2D eigenvalue weighted by atomic mass is 10.3. The van der Waals surface area contributed by atoms with Crippen LogP contribution in [-0.4, -0.2) is 60.7 Å². The van der Waals surface area contributed by atoms with E-state index in [1.54, 1.807) is 17.1 Å². The molecule has 0 spiro atoms. The second kappa shape index (κ2) is 5.91. The fourth-order valence-electron chi connectivity index (χ4n) is 1.86. The van der Waals surface area contributed by atoms with Crippen molar-refractivity contribution in [3.63, 3.8) is 0 Å². The number of aromatic nitrogens is 3. The number of nitrogens with zero attached hydrogens (tertiary/aromatic N) is 4. The van der Waals surface area contributed by atoms with Crippen molar-refractivity contribution in [2.75, 3.05) is 12.3 Å². The number of carboxylic acids is 1. The second-order valence-corrected chi connectivity index (χ2v) is 5.44. The monoisotopic (exact) mass is 285 g/mol. The van der Waals surface area contributed by atoms with Gasteiger partial charge in [-0.15, -0.1) is 16.9 Å². The third-order valence-electron chi connectivity index (χ3n) is 2.83. The number of hydrogen-bond acceptors (Lipinski definition) is 5. The zero-order valence-electron chi connectivity index (χ0n) is 10.4. The fourth-order valence-corrected chi connectivity index (χ4v) is 3.03. The van der Waals surface area contributed by atoms with E-state index >= 15 is 0 Å². The van der Waals surface area contributed by atoms with Gasteiger partial charge in [0.25, 0.3) is 0 Å². The standard InChI is InChI=1S/C10H15N5O3S/c1-7-15(8(6-19-7)9(16)17)10(18)11-2-4-14-5-3-12-13-14/h3,5,7-8H,2,4,6H2,1H3,(H,11,18)(H,16,17). The summed E-state index contributed by atoms with van der Waals surface area (Å²) in [5, 5.41) is 19.1. The van der Waals surface area contributed by atoms with Crippen molar-refractivity contribution >= 4 is 23.8 Å². The molecule has 2 rings (SSSR count). The first-order valence-corrected chi connectivity index (χ1v) is 6.89. The molecule has 0 aromatic carbocycles. The Hall–Kier alpha value is -1.77. The van der Waals surface area contributed by atoms with E-state index in [-0.39, 0.29) is 11.4 Å². The molecule has 19 heavy (non-hydrogen) atoms. The molecule has 1 aromatic rings. The molecule has 1 saturated heterocycles. The summed E-state index contributed by atoms with van der Waals surface area (Å²) in [5.74, 6) is -0.546. The molecule has 8 nitrogen and oxygen atoms in total. The highest BCUT2D eigenvalue weighted by molar-refractivity contribution is 8.00. The van der Waals surface area contributed by atoms with E-state index in [0.717, 1.165) is 0 Å². The molecule has 2 amide bonds. The maximum Gasteiger partial charge on any atom is 0.327 e.